The number of sulfonamides is 1. The first-order valence-electron chi connectivity index (χ1n) is 6.42. The zero-order valence-corrected chi connectivity index (χ0v) is 13.6. The highest BCUT2D eigenvalue weighted by Gasteiger charge is 2.25. The second kappa shape index (κ2) is 6.72. The Morgan fingerprint density at radius 3 is 2.43 bits per heavy atom. The lowest BCUT2D eigenvalue weighted by atomic mass is 10.1. The standard InChI is InChI=1S/C13H18ClFN2O3S/c1-4-5-17(8(2)3)13(18)9-6-12(21(16,19)20)10(14)7-11(9)15/h6-8H,4-5H2,1-3H3,(H2,16,19,20). The molecule has 1 amide bonds. The molecule has 0 spiro atoms. The molecule has 0 aliphatic carbocycles. The molecule has 21 heavy (non-hydrogen) atoms. The molecule has 0 aliphatic rings. The van der Waals surface area contributed by atoms with Crippen LogP contribution in [0.2, 0.25) is 5.02 Å². The largest absolute Gasteiger partial charge is 0.336 e. The molecule has 0 unspecified atom stereocenters. The van der Waals surface area contributed by atoms with Gasteiger partial charge in [-0.05, 0) is 32.4 Å². The van der Waals surface area contributed by atoms with Crippen molar-refractivity contribution in [1.82, 2.24) is 4.90 Å². The molecule has 1 aromatic rings. The van der Waals surface area contributed by atoms with Gasteiger partial charge < -0.3 is 4.90 Å². The van der Waals surface area contributed by atoms with Crippen molar-refractivity contribution in [2.45, 2.75) is 38.1 Å². The monoisotopic (exact) mass is 336 g/mol. The van der Waals surface area contributed by atoms with Gasteiger partial charge in [0, 0.05) is 12.6 Å². The highest BCUT2D eigenvalue weighted by atomic mass is 35.5. The van der Waals surface area contributed by atoms with Gasteiger partial charge in [0.05, 0.1) is 10.6 Å². The van der Waals surface area contributed by atoms with E-state index in [9.17, 15) is 17.6 Å². The molecular formula is C13H18ClFN2O3S. The third kappa shape index (κ3) is 4.15. The topological polar surface area (TPSA) is 80.5 Å². The van der Waals surface area contributed by atoms with Crippen LogP contribution in [0.4, 0.5) is 4.39 Å². The molecule has 0 atom stereocenters. The number of rotatable bonds is 5. The molecule has 5 nitrogen and oxygen atoms in total. The van der Waals surface area contributed by atoms with Crippen LogP contribution in [0.1, 0.15) is 37.6 Å². The average molecular weight is 337 g/mol. The van der Waals surface area contributed by atoms with E-state index in [4.69, 9.17) is 16.7 Å². The van der Waals surface area contributed by atoms with E-state index < -0.39 is 26.6 Å². The summed E-state index contributed by atoms with van der Waals surface area (Å²) in [5, 5.41) is 4.66. The SMILES string of the molecule is CCCN(C(=O)c1cc(S(N)(=O)=O)c(Cl)cc1F)C(C)C. The van der Waals surface area contributed by atoms with Crippen LogP contribution in [-0.2, 0) is 10.0 Å². The van der Waals surface area contributed by atoms with Gasteiger partial charge >= 0.3 is 0 Å². The summed E-state index contributed by atoms with van der Waals surface area (Å²) >= 11 is 5.67. The van der Waals surface area contributed by atoms with E-state index in [0.717, 1.165) is 12.1 Å². The summed E-state index contributed by atoms with van der Waals surface area (Å²) in [6.07, 6.45) is 0.696. The van der Waals surface area contributed by atoms with Crippen molar-refractivity contribution in [2.24, 2.45) is 5.14 Å². The van der Waals surface area contributed by atoms with Gasteiger partial charge in [-0.3, -0.25) is 4.79 Å². The fourth-order valence-electron chi connectivity index (χ4n) is 1.90. The first-order valence-corrected chi connectivity index (χ1v) is 8.34. The molecule has 2 N–H and O–H groups in total. The lowest BCUT2D eigenvalue weighted by molar-refractivity contribution is 0.0701. The summed E-state index contributed by atoms with van der Waals surface area (Å²) in [7, 11) is -4.13. The van der Waals surface area contributed by atoms with Crippen LogP contribution < -0.4 is 5.14 Å². The molecule has 118 valence electrons. The van der Waals surface area contributed by atoms with Gasteiger partial charge in [-0.25, -0.2) is 17.9 Å². The van der Waals surface area contributed by atoms with E-state index in [1.807, 2.05) is 6.92 Å². The van der Waals surface area contributed by atoms with E-state index in [1.54, 1.807) is 13.8 Å². The maximum atomic E-state index is 14.0. The molecule has 0 fully saturated rings. The number of carbonyl (C=O) groups is 1. The lowest BCUT2D eigenvalue weighted by Gasteiger charge is -2.26. The predicted molar refractivity (Wildman–Crippen MR) is 79.2 cm³/mol. The number of hydrogen-bond acceptors (Lipinski definition) is 3. The van der Waals surface area contributed by atoms with E-state index in [0.29, 0.717) is 13.0 Å². The molecule has 1 aromatic carbocycles. The minimum Gasteiger partial charge on any atom is -0.336 e. The molecule has 0 aromatic heterocycles. The molecule has 0 aliphatic heterocycles. The highest BCUT2D eigenvalue weighted by Crippen LogP contribution is 2.25. The van der Waals surface area contributed by atoms with Crippen molar-refractivity contribution < 1.29 is 17.6 Å². The molecule has 0 bridgehead atoms. The van der Waals surface area contributed by atoms with E-state index in [-0.39, 0.29) is 16.6 Å². The Morgan fingerprint density at radius 2 is 2.00 bits per heavy atom. The van der Waals surface area contributed by atoms with Gasteiger partial charge in [-0.1, -0.05) is 18.5 Å². The Labute approximate surface area is 128 Å². The molecule has 0 saturated carbocycles. The van der Waals surface area contributed by atoms with Crippen molar-refractivity contribution in [3.05, 3.63) is 28.5 Å². The van der Waals surface area contributed by atoms with Crippen LogP contribution >= 0.6 is 11.6 Å². The van der Waals surface area contributed by atoms with Crippen LogP contribution in [-0.4, -0.2) is 31.8 Å². The lowest BCUT2D eigenvalue weighted by Crippen LogP contribution is -2.38. The van der Waals surface area contributed by atoms with Crippen molar-refractivity contribution in [3.8, 4) is 0 Å². The summed E-state index contributed by atoms with van der Waals surface area (Å²) in [6, 6.07) is 1.53. The summed E-state index contributed by atoms with van der Waals surface area (Å²) in [5.74, 6) is -1.47. The van der Waals surface area contributed by atoms with E-state index in [1.165, 1.54) is 4.90 Å². The summed E-state index contributed by atoms with van der Waals surface area (Å²) in [5.41, 5.74) is -0.356. The zero-order valence-electron chi connectivity index (χ0n) is 12.1. The van der Waals surface area contributed by atoms with E-state index in [2.05, 4.69) is 0 Å². The Kier molecular flexibility index (Phi) is 5.72. The summed E-state index contributed by atoms with van der Waals surface area (Å²) < 4.78 is 36.8. The third-order valence-corrected chi connectivity index (χ3v) is 4.28. The highest BCUT2D eigenvalue weighted by molar-refractivity contribution is 7.89. The number of nitrogens with zero attached hydrogens (tertiary/aromatic N) is 1. The molecule has 8 heteroatoms. The second-order valence-electron chi connectivity index (χ2n) is 4.90. The Bertz CT molecular complexity index is 647. The van der Waals surface area contributed by atoms with Crippen molar-refractivity contribution in [3.63, 3.8) is 0 Å². The number of benzene rings is 1. The van der Waals surface area contributed by atoms with Gasteiger partial charge in [0.2, 0.25) is 10.0 Å². The van der Waals surface area contributed by atoms with Crippen LogP contribution in [0.25, 0.3) is 0 Å². The average Bonchev–Trinajstić information content (AvgIpc) is 2.33. The number of nitrogens with two attached hydrogens (primary N) is 1. The van der Waals surface area contributed by atoms with Gasteiger partial charge in [0.1, 0.15) is 10.7 Å². The third-order valence-electron chi connectivity index (χ3n) is 2.91. The minimum atomic E-state index is -4.13. The van der Waals surface area contributed by atoms with Crippen LogP contribution in [0.15, 0.2) is 17.0 Å². The number of hydrogen-bond donors (Lipinski definition) is 1. The molecule has 1 rings (SSSR count). The van der Waals surface area contributed by atoms with Gasteiger partial charge in [0.15, 0.2) is 0 Å². The second-order valence-corrected chi connectivity index (χ2v) is 6.84. The Balaban J connectivity index is 3.39. The van der Waals surface area contributed by atoms with Crippen LogP contribution in [0.3, 0.4) is 0 Å². The Morgan fingerprint density at radius 1 is 1.43 bits per heavy atom. The summed E-state index contributed by atoms with van der Waals surface area (Å²) in [6.45, 7) is 5.91. The number of amides is 1. The smallest absolute Gasteiger partial charge is 0.257 e. The van der Waals surface area contributed by atoms with Gasteiger partial charge in [-0.15, -0.1) is 0 Å². The summed E-state index contributed by atoms with van der Waals surface area (Å²) in [4.78, 5) is 13.4. The van der Waals surface area contributed by atoms with Crippen LogP contribution in [0, 0.1) is 5.82 Å². The number of carbonyl (C=O) groups excluding carboxylic acids is 1. The first-order chi connectivity index (χ1) is 9.59. The maximum Gasteiger partial charge on any atom is 0.257 e. The number of primary sulfonamides is 1. The molecular weight excluding hydrogens is 319 g/mol. The zero-order chi connectivity index (χ0) is 16.4. The molecule has 0 heterocycles. The molecule has 0 saturated heterocycles. The van der Waals surface area contributed by atoms with Crippen molar-refractivity contribution in [2.75, 3.05) is 6.54 Å². The predicted octanol–water partition coefficient (Wildman–Crippen LogP) is 2.39. The normalized spacial score (nSPS) is 11.8. The van der Waals surface area contributed by atoms with E-state index >= 15 is 0 Å². The molecule has 0 radical (unpaired) electrons. The number of halogens is 2. The fraction of sp³-hybridized carbons (Fsp3) is 0.462. The van der Waals surface area contributed by atoms with Gasteiger partial charge in [-0.2, -0.15) is 0 Å². The van der Waals surface area contributed by atoms with Gasteiger partial charge in [0.25, 0.3) is 5.91 Å². The van der Waals surface area contributed by atoms with Crippen LogP contribution in [0.5, 0.6) is 0 Å². The maximum absolute atomic E-state index is 14.0. The fourth-order valence-corrected chi connectivity index (χ4v) is 2.99. The first kappa shape index (κ1) is 17.9. The van der Waals surface area contributed by atoms with Crippen molar-refractivity contribution in [1.29, 1.82) is 0 Å². The van der Waals surface area contributed by atoms with Crippen molar-refractivity contribution >= 4 is 27.5 Å². The Hall–Kier alpha value is -1.18. The minimum absolute atomic E-state index is 0.148. The quantitative estimate of drug-likeness (QED) is 0.896.